The van der Waals surface area contributed by atoms with Crippen LogP contribution in [0.2, 0.25) is 0 Å². The Morgan fingerprint density at radius 2 is 2.00 bits per heavy atom. The van der Waals surface area contributed by atoms with Crippen LogP contribution in [0.25, 0.3) is 0 Å². The molecule has 2 aliphatic heterocycles. The zero-order valence-electron chi connectivity index (χ0n) is 11.2. The molecule has 0 saturated carbocycles. The molecule has 2 atom stereocenters. The van der Waals surface area contributed by atoms with Gasteiger partial charge in [-0.1, -0.05) is 13.3 Å². The monoisotopic (exact) mass is 225 g/mol. The Bertz CT molecular complexity index is 223. The van der Waals surface area contributed by atoms with Gasteiger partial charge in [-0.05, 0) is 51.5 Å². The molecule has 2 fully saturated rings. The van der Waals surface area contributed by atoms with Crippen LogP contribution in [0.1, 0.15) is 52.9 Å². The highest BCUT2D eigenvalue weighted by molar-refractivity contribution is 4.99. The summed E-state index contributed by atoms with van der Waals surface area (Å²) in [4.78, 5) is 2.74. The minimum absolute atomic E-state index is 0.584. The molecular weight excluding hydrogens is 198 g/mol. The normalized spacial score (nSPS) is 32.1. The number of hydrogen-bond donors (Lipinski definition) is 0. The van der Waals surface area contributed by atoms with Crippen LogP contribution in [-0.2, 0) is 4.74 Å². The molecule has 16 heavy (non-hydrogen) atoms. The van der Waals surface area contributed by atoms with Crippen molar-refractivity contribution in [1.82, 2.24) is 4.90 Å². The minimum Gasteiger partial charge on any atom is -0.381 e. The van der Waals surface area contributed by atoms with Gasteiger partial charge in [0.25, 0.3) is 0 Å². The lowest BCUT2D eigenvalue weighted by Crippen LogP contribution is -2.44. The van der Waals surface area contributed by atoms with E-state index in [0.29, 0.717) is 5.41 Å². The summed E-state index contributed by atoms with van der Waals surface area (Å²) in [5.41, 5.74) is 0.584. The van der Waals surface area contributed by atoms with Gasteiger partial charge in [-0.25, -0.2) is 0 Å². The first kappa shape index (κ1) is 12.4. The highest BCUT2D eigenvalue weighted by atomic mass is 16.5. The number of rotatable bonds is 3. The van der Waals surface area contributed by atoms with Gasteiger partial charge in [0.1, 0.15) is 0 Å². The number of likely N-dealkylation sites (tertiary alicyclic amines) is 1. The van der Waals surface area contributed by atoms with E-state index < -0.39 is 0 Å². The Morgan fingerprint density at radius 1 is 1.31 bits per heavy atom. The van der Waals surface area contributed by atoms with E-state index >= 15 is 0 Å². The molecule has 0 aliphatic carbocycles. The summed E-state index contributed by atoms with van der Waals surface area (Å²) >= 11 is 0. The van der Waals surface area contributed by atoms with Gasteiger partial charge in [0.05, 0.1) is 0 Å². The van der Waals surface area contributed by atoms with Crippen LogP contribution in [-0.4, -0.2) is 36.7 Å². The van der Waals surface area contributed by atoms with E-state index in [-0.39, 0.29) is 0 Å². The molecule has 0 aromatic carbocycles. The lowest BCUT2D eigenvalue weighted by atomic mass is 9.74. The van der Waals surface area contributed by atoms with E-state index in [9.17, 15) is 0 Å². The van der Waals surface area contributed by atoms with E-state index in [0.717, 1.165) is 25.3 Å². The Balaban J connectivity index is 2.00. The maximum atomic E-state index is 5.53. The maximum Gasteiger partial charge on any atom is 0.0471 e. The molecule has 94 valence electrons. The Hall–Kier alpha value is -0.0800. The van der Waals surface area contributed by atoms with Crippen LogP contribution in [0.3, 0.4) is 0 Å². The molecule has 1 spiro atoms. The number of hydrogen-bond acceptors (Lipinski definition) is 2. The summed E-state index contributed by atoms with van der Waals surface area (Å²) in [7, 11) is 0. The average molecular weight is 225 g/mol. The molecule has 0 aromatic rings. The second kappa shape index (κ2) is 5.05. The number of nitrogens with zero attached hydrogens (tertiary/aromatic N) is 1. The summed E-state index contributed by atoms with van der Waals surface area (Å²) in [5.74, 6) is 0. The van der Waals surface area contributed by atoms with Gasteiger partial charge < -0.3 is 4.74 Å². The van der Waals surface area contributed by atoms with Gasteiger partial charge in [-0.3, -0.25) is 4.90 Å². The summed E-state index contributed by atoms with van der Waals surface area (Å²) in [5, 5.41) is 0. The molecule has 2 nitrogen and oxygen atoms in total. The summed E-state index contributed by atoms with van der Waals surface area (Å²) in [6.07, 6.45) is 6.61. The third kappa shape index (κ3) is 2.14. The van der Waals surface area contributed by atoms with Crippen molar-refractivity contribution < 1.29 is 4.74 Å². The Kier molecular flexibility index (Phi) is 3.91. The summed E-state index contributed by atoms with van der Waals surface area (Å²) in [6.45, 7) is 10.4. The molecule has 2 heterocycles. The van der Waals surface area contributed by atoms with E-state index in [1.807, 2.05) is 0 Å². The molecule has 0 amide bonds. The molecule has 2 rings (SSSR count). The van der Waals surface area contributed by atoms with Crippen molar-refractivity contribution in [1.29, 1.82) is 0 Å². The first-order chi connectivity index (χ1) is 7.69. The predicted octanol–water partition coefficient (Wildman–Crippen LogP) is 3.07. The average Bonchev–Trinajstić information content (AvgIpc) is 2.59. The lowest BCUT2D eigenvalue weighted by molar-refractivity contribution is -0.00521. The largest absolute Gasteiger partial charge is 0.381 e. The van der Waals surface area contributed by atoms with Crippen molar-refractivity contribution in [3.8, 4) is 0 Å². The molecule has 2 saturated heterocycles. The van der Waals surface area contributed by atoms with Gasteiger partial charge in [0.2, 0.25) is 0 Å². The SMILES string of the molecule is CCCC(C)N1CCC2(CCOCC2)C1C. The zero-order chi connectivity index (χ0) is 11.6. The predicted molar refractivity (Wildman–Crippen MR) is 67.6 cm³/mol. The van der Waals surface area contributed by atoms with E-state index in [1.54, 1.807) is 0 Å². The van der Waals surface area contributed by atoms with Crippen molar-refractivity contribution in [2.75, 3.05) is 19.8 Å². The lowest BCUT2D eigenvalue weighted by Gasteiger charge is -2.40. The molecule has 2 aliphatic rings. The third-order valence-electron chi connectivity index (χ3n) is 5.01. The van der Waals surface area contributed by atoms with E-state index in [2.05, 4.69) is 25.7 Å². The van der Waals surface area contributed by atoms with Crippen molar-refractivity contribution >= 4 is 0 Å². The van der Waals surface area contributed by atoms with Crippen molar-refractivity contribution in [3.05, 3.63) is 0 Å². The second-order valence-corrected chi connectivity index (χ2v) is 5.78. The number of ether oxygens (including phenoxy) is 1. The molecule has 2 unspecified atom stereocenters. The van der Waals surface area contributed by atoms with Crippen molar-refractivity contribution in [2.45, 2.75) is 65.0 Å². The molecule has 0 aromatic heterocycles. The van der Waals surface area contributed by atoms with Gasteiger partial charge in [0, 0.05) is 25.3 Å². The first-order valence-electron chi connectivity index (χ1n) is 7.03. The fourth-order valence-corrected chi connectivity index (χ4v) is 3.74. The fraction of sp³-hybridized carbons (Fsp3) is 1.00. The zero-order valence-corrected chi connectivity index (χ0v) is 11.2. The minimum atomic E-state index is 0.584. The van der Waals surface area contributed by atoms with Gasteiger partial charge in [-0.15, -0.1) is 0 Å². The summed E-state index contributed by atoms with van der Waals surface area (Å²) in [6, 6.07) is 1.53. The quantitative estimate of drug-likeness (QED) is 0.732. The molecule has 0 radical (unpaired) electrons. The van der Waals surface area contributed by atoms with Gasteiger partial charge >= 0.3 is 0 Å². The molecular formula is C14H27NO. The van der Waals surface area contributed by atoms with Crippen LogP contribution in [0.15, 0.2) is 0 Å². The smallest absolute Gasteiger partial charge is 0.0471 e. The highest BCUT2D eigenvalue weighted by Gasteiger charge is 2.46. The standard InChI is InChI=1S/C14H27NO/c1-4-5-12(2)15-9-6-14(13(15)3)7-10-16-11-8-14/h12-13H,4-11H2,1-3H3. The first-order valence-corrected chi connectivity index (χ1v) is 7.03. The van der Waals surface area contributed by atoms with Crippen molar-refractivity contribution in [2.24, 2.45) is 5.41 Å². The van der Waals surface area contributed by atoms with Crippen LogP contribution in [0.4, 0.5) is 0 Å². The van der Waals surface area contributed by atoms with Crippen LogP contribution in [0, 0.1) is 5.41 Å². The van der Waals surface area contributed by atoms with Crippen molar-refractivity contribution in [3.63, 3.8) is 0 Å². The fourth-order valence-electron chi connectivity index (χ4n) is 3.74. The molecule has 2 heteroatoms. The second-order valence-electron chi connectivity index (χ2n) is 5.78. The Morgan fingerprint density at radius 3 is 2.62 bits per heavy atom. The van der Waals surface area contributed by atoms with Crippen LogP contribution < -0.4 is 0 Å². The summed E-state index contributed by atoms with van der Waals surface area (Å²) < 4.78 is 5.53. The van der Waals surface area contributed by atoms with E-state index in [4.69, 9.17) is 4.74 Å². The molecule has 0 N–H and O–H groups in total. The molecule has 0 bridgehead atoms. The topological polar surface area (TPSA) is 12.5 Å². The van der Waals surface area contributed by atoms with Crippen LogP contribution in [0.5, 0.6) is 0 Å². The van der Waals surface area contributed by atoms with Crippen LogP contribution >= 0.6 is 0 Å². The Labute approximate surface area is 100 Å². The maximum absolute atomic E-state index is 5.53. The van der Waals surface area contributed by atoms with Gasteiger partial charge in [0.15, 0.2) is 0 Å². The third-order valence-corrected chi connectivity index (χ3v) is 5.01. The van der Waals surface area contributed by atoms with Gasteiger partial charge in [-0.2, -0.15) is 0 Å². The van der Waals surface area contributed by atoms with E-state index in [1.165, 1.54) is 38.6 Å². The highest BCUT2D eigenvalue weighted by Crippen LogP contribution is 2.45.